The molecule has 2 aliphatic heterocycles. The molecule has 2 atom stereocenters. The molecular weight excluding hydrogens is 344 g/mol. The fourth-order valence-electron chi connectivity index (χ4n) is 3.77. The van der Waals surface area contributed by atoms with Crippen molar-refractivity contribution in [2.24, 2.45) is 0 Å². The summed E-state index contributed by atoms with van der Waals surface area (Å²) < 4.78 is 1.70. The van der Waals surface area contributed by atoms with Crippen LogP contribution in [-0.4, -0.2) is 39.6 Å². The number of aromatic nitrogens is 3. The molecule has 2 saturated heterocycles. The highest BCUT2D eigenvalue weighted by atomic mass is 16.2. The first-order chi connectivity index (χ1) is 13.2. The van der Waals surface area contributed by atoms with Crippen molar-refractivity contribution < 1.29 is 9.59 Å². The van der Waals surface area contributed by atoms with Gasteiger partial charge in [0.1, 0.15) is 0 Å². The predicted molar refractivity (Wildman–Crippen MR) is 98.4 cm³/mol. The highest BCUT2D eigenvalue weighted by Gasteiger charge is 2.34. The zero-order valence-corrected chi connectivity index (χ0v) is 14.5. The van der Waals surface area contributed by atoms with Crippen LogP contribution in [0.15, 0.2) is 48.8 Å². The molecule has 136 valence electrons. The van der Waals surface area contributed by atoms with Crippen molar-refractivity contribution in [1.29, 1.82) is 0 Å². The Bertz CT molecular complexity index is 1030. The smallest absolute Gasteiger partial charge is 0.321 e. The maximum atomic E-state index is 12.3. The van der Waals surface area contributed by atoms with E-state index in [2.05, 4.69) is 37.7 Å². The molecule has 4 heterocycles. The van der Waals surface area contributed by atoms with Crippen molar-refractivity contribution in [2.45, 2.75) is 18.4 Å². The van der Waals surface area contributed by atoms with Gasteiger partial charge in [-0.1, -0.05) is 30.3 Å². The average molecular weight is 362 g/mol. The van der Waals surface area contributed by atoms with Gasteiger partial charge in [-0.05, 0) is 18.1 Å². The van der Waals surface area contributed by atoms with E-state index in [0.717, 1.165) is 24.3 Å². The van der Waals surface area contributed by atoms with Gasteiger partial charge in [-0.25, -0.2) is 14.3 Å². The molecule has 3 aromatic rings. The van der Waals surface area contributed by atoms with Crippen molar-refractivity contribution in [2.75, 3.05) is 18.0 Å². The number of nitrogens with one attached hydrogen (secondary N) is 2. The molecular formula is C19H18N6O2. The van der Waals surface area contributed by atoms with E-state index in [4.69, 9.17) is 0 Å². The number of hydrogen-bond acceptors (Lipinski definition) is 5. The van der Waals surface area contributed by atoms with Gasteiger partial charge in [-0.15, -0.1) is 0 Å². The Morgan fingerprint density at radius 3 is 2.74 bits per heavy atom. The van der Waals surface area contributed by atoms with Crippen LogP contribution in [0.2, 0.25) is 0 Å². The Balaban J connectivity index is 1.55. The standard InChI is InChI=1S/C19H18N6O2/c26-18-13(11-21-19(27)22-18)14-10-16(17-20-7-9-25(17)23-14)24-8-6-15(24)12-4-2-1-3-5-12/h1-5,7,9-10,13,15H,6,8,11H2,(H2,21,22,26,27). The number of benzene rings is 1. The molecule has 2 unspecified atom stereocenters. The van der Waals surface area contributed by atoms with Gasteiger partial charge in [-0.2, -0.15) is 5.10 Å². The van der Waals surface area contributed by atoms with Crippen molar-refractivity contribution >= 4 is 23.3 Å². The minimum atomic E-state index is -0.523. The maximum Gasteiger partial charge on any atom is 0.321 e. The van der Waals surface area contributed by atoms with E-state index in [0.29, 0.717) is 5.69 Å². The lowest BCUT2D eigenvalue weighted by molar-refractivity contribution is -0.122. The highest BCUT2D eigenvalue weighted by molar-refractivity contribution is 6.00. The molecule has 0 saturated carbocycles. The van der Waals surface area contributed by atoms with Crippen molar-refractivity contribution in [3.63, 3.8) is 0 Å². The van der Waals surface area contributed by atoms with Gasteiger partial charge in [-0.3, -0.25) is 10.1 Å². The third-order valence-corrected chi connectivity index (χ3v) is 5.25. The Labute approximate surface area is 155 Å². The van der Waals surface area contributed by atoms with Crippen LogP contribution in [0.5, 0.6) is 0 Å². The number of carbonyl (C=O) groups is 2. The Morgan fingerprint density at radius 1 is 1.15 bits per heavy atom. The van der Waals surface area contributed by atoms with Crippen LogP contribution in [-0.2, 0) is 4.79 Å². The van der Waals surface area contributed by atoms with Crippen LogP contribution in [0.25, 0.3) is 5.65 Å². The molecule has 2 aromatic heterocycles. The first kappa shape index (κ1) is 15.8. The molecule has 2 aliphatic rings. The molecule has 1 aromatic carbocycles. The summed E-state index contributed by atoms with van der Waals surface area (Å²) in [6.45, 7) is 1.15. The molecule has 0 radical (unpaired) electrons. The average Bonchev–Trinajstić information content (AvgIpc) is 3.10. The first-order valence-electron chi connectivity index (χ1n) is 8.95. The summed E-state index contributed by atoms with van der Waals surface area (Å²) in [4.78, 5) is 30.4. The minimum absolute atomic E-state index is 0.236. The molecule has 2 N–H and O–H groups in total. The Morgan fingerprint density at radius 2 is 2.00 bits per heavy atom. The molecule has 0 spiro atoms. The van der Waals surface area contributed by atoms with Crippen LogP contribution < -0.4 is 15.5 Å². The number of urea groups is 1. The van der Waals surface area contributed by atoms with Crippen LogP contribution >= 0.6 is 0 Å². The summed E-state index contributed by atoms with van der Waals surface area (Å²) in [6.07, 6.45) is 4.54. The Kier molecular flexibility index (Phi) is 3.56. The van der Waals surface area contributed by atoms with E-state index < -0.39 is 11.9 Å². The number of carbonyl (C=O) groups excluding carboxylic acids is 2. The van der Waals surface area contributed by atoms with Crippen LogP contribution in [0.3, 0.4) is 0 Å². The normalized spacial score (nSPS) is 22.3. The van der Waals surface area contributed by atoms with E-state index in [1.807, 2.05) is 24.3 Å². The molecule has 3 amide bonds. The topological polar surface area (TPSA) is 91.6 Å². The number of fused-ring (bicyclic) bond motifs is 1. The number of imidazole rings is 1. The second kappa shape index (κ2) is 6.08. The highest BCUT2D eigenvalue weighted by Crippen LogP contribution is 2.39. The molecule has 2 fully saturated rings. The SMILES string of the molecule is O=C1NCC(c2cc(N3CCC3c3ccccc3)c3nccn3n2)C(=O)N1. The molecule has 0 bridgehead atoms. The lowest BCUT2D eigenvalue weighted by Crippen LogP contribution is -2.51. The van der Waals surface area contributed by atoms with Crippen molar-refractivity contribution in [3.8, 4) is 0 Å². The first-order valence-corrected chi connectivity index (χ1v) is 8.95. The quantitative estimate of drug-likeness (QED) is 0.738. The zero-order chi connectivity index (χ0) is 18.4. The summed E-state index contributed by atoms with van der Waals surface area (Å²) >= 11 is 0. The zero-order valence-electron chi connectivity index (χ0n) is 14.5. The van der Waals surface area contributed by atoms with E-state index in [1.54, 1.807) is 16.9 Å². The second-order valence-corrected chi connectivity index (χ2v) is 6.81. The number of hydrogen-bond donors (Lipinski definition) is 2. The van der Waals surface area contributed by atoms with Gasteiger partial charge in [0.25, 0.3) is 0 Å². The third-order valence-electron chi connectivity index (χ3n) is 5.25. The maximum absolute atomic E-state index is 12.3. The van der Waals surface area contributed by atoms with Gasteiger partial charge >= 0.3 is 6.03 Å². The fourth-order valence-corrected chi connectivity index (χ4v) is 3.77. The predicted octanol–water partition coefficient (Wildman–Crippen LogP) is 1.60. The van der Waals surface area contributed by atoms with Gasteiger partial charge < -0.3 is 10.2 Å². The molecule has 5 rings (SSSR count). The van der Waals surface area contributed by atoms with E-state index in [-0.39, 0.29) is 18.5 Å². The van der Waals surface area contributed by atoms with Crippen LogP contribution in [0, 0.1) is 0 Å². The van der Waals surface area contributed by atoms with Gasteiger partial charge in [0.15, 0.2) is 5.65 Å². The third kappa shape index (κ3) is 2.61. The second-order valence-electron chi connectivity index (χ2n) is 6.81. The summed E-state index contributed by atoms with van der Waals surface area (Å²) in [5, 5.41) is 9.53. The Hall–Kier alpha value is -3.42. The molecule has 0 aliphatic carbocycles. The van der Waals surface area contributed by atoms with Crippen molar-refractivity contribution in [3.05, 3.63) is 60.0 Å². The minimum Gasteiger partial charge on any atom is -0.361 e. The monoisotopic (exact) mass is 362 g/mol. The lowest BCUT2D eigenvalue weighted by atomic mass is 9.93. The van der Waals surface area contributed by atoms with E-state index in [1.165, 1.54) is 5.56 Å². The van der Waals surface area contributed by atoms with Gasteiger partial charge in [0.05, 0.1) is 23.3 Å². The summed E-state index contributed by atoms with van der Waals surface area (Å²) in [5.74, 6) is -0.857. The summed E-state index contributed by atoms with van der Waals surface area (Å²) in [5.41, 5.74) is 3.59. The number of imide groups is 1. The lowest BCUT2D eigenvalue weighted by Gasteiger charge is -2.43. The number of anilines is 1. The van der Waals surface area contributed by atoms with E-state index in [9.17, 15) is 9.59 Å². The summed E-state index contributed by atoms with van der Waals surface area (Å²) in [7, 11) is 0. The number of amides is 3. The number of rotatable bonds is 3. The van der Waals surface area contributed by atoms with Gasteiger partial charge in [0, 0.05) is 25.5 Å². The fraction of sp³-hybridized carbons (Fsp3) is 0.263. The summed E-state index contributed by atoms with van der Waals surface area (Å²) in [6, 6.07) is 12.1. The van der Waals surface area contributed by atoms with E-state index >= 15 is 0 Å². The molecule has 8 nitrogen and oxygen atoms in total. The van der Waals surface area contributed by atoms with Crippen LogP contribution in [0.1, 0.15) is 29.6 Å². The molecule has 8 heteroatoms. The molecule has 27 heavy (non-hydrogen) atoms. The van der Waals surface area contributed by atoms with Crippen molar-refractivity contribution in [1.82, 2.24) is 25.2 Å². The largest absolute Gasteiger partial charge is 0.361 e. The number of nitrogens with zero attached hydrogens (tertiary/aromatic N) is 4. The van der Waals surface area contributed by atoms with Gasteiger partial charge in [0.2, 0.25) is 5.91 Å². The van der Waals surface area contributed by atoms with Crippen LogP contribution in [0.4, 0.5) is 10.5 Å².